The molecular formula is C12H11FN2O2S. The normalized spacial score (nSPS) is 12.4. The molecule has 0 unspecified atom stereocenters. The Morgan fingerprint density at radius 3 is 2.94 bits per heavy atom. The van der Waals surface area contributed by atoms with E-state index in [1.165, 1.54) is 37.3 Å². The first-order valence-electron chi connectivity index (χ1n) is 5.26. The van der Waals surface area contributed by atoms with Gasteiger partial charge in [-0.15, -0.1) is 0 Å². The lowest BCUT2D eigenvalue weighted by molar-refractivity contribution is -0.139. The molecule has 0 spiro atoms. The van der Waals surface area contributed by atoms with Crippen LogP contribution in [0.25, 0.3) is 10.9 Å². The van der Waals surface area contributed by atoms with Crippen molar-refractivity contribution in [2.45, 2.75) is 17.2 Å². The predicted octanol–water partition coefficient (Wildman–Crippen LogP) is 2.42. The molecule has 0 radical (unpaired) electrons. The molecule has 18 heavy (non-hydrogen) atoms. The highest BCUT2D eigenvalue weighted by Gasteiger charge is 2.17. The van der Waals surface area contributed by atoms with Gasteiger partial charge in [-0.05, 0) is 25.1 Å². The van der Waals surface area contributed by atoms with Crippen LogP contribution in [0.15, 0.2) is 29.6 Å². The van der Waals surface area contributed by atoms with Crippen molar-refractivity contribution < 1.29 is 13.9 Å². The van der Waals surface area contributed by atoms with Crippen molar-refractivity contribution in [3.8, 4) is 0 Å². The second kappa shape index (κ2) is 5.30. The minimum Gasteiger partial charge on any atom is -0.468 e. The Morgan fingerprint density at radius 1 is 1.44 bits per heavy atom. The second-order valence-corrected chi connectivity index (χ2v) is 4.95. The summed E-state index contributed by atoms with van der Waals surface area (Å²) in [7, 11) is 1.33. The van der Waals surface area contributed by atoms with Crippen LogP contribution in [-0.4, -0.2) is 28.3 Å². The number of methoxy groups -OCH3 is 1. The lowest BCUT2D eigenvalue weighted by Gasteiger charge is -2.09. The van der Waals surface area contributed by atoms with Gasteiger partial charge in [0, 0.05) is 5.39 Å². The summed E-state index contributed by atoms with van der Waals surface area (Å²) in [6.45, 7) is 1.71. The van der Waals surface area contributed by atoms with E-state index in [1.807, 2.05) is 0 Å². The first kappa shape index (κ1) is 12.8. The van der Waals surface area contributed by atoms with Crippen LogP contribution >= 0.6 is 11.8 Å². The zero-order chi connectivity index (χ0) is 13.1. The number of hydrogen-bond acceptors (Lipinski definition) is 5. The third-order valence-corrected chi connectivity index (χ3v) is 3.48. The molecule has 0 amide bonds. The molecule has 0 aliphatic carbocycles. The average molecular weight is 266 g/mol. The van der Waals surface area contributed by atoms with Crippen molar-refractivity contribution in [1.82, 2.24) is 9.97 Å². The van der Waals surface area contributed by atoms with E-state index < -0.39 is 5.25 Å². The Labute approximate surface area is 108 Å². The monoisotopic (exact) mass is 266 g/mol. The molecule has 0 bridgehead atoms. The van der Waals surface area contributed by atoms with Crippen molar-refractivity contribution in [3.05, 3.63) is 30.3 Å². The van der Waals surface area contributed by atoms with Crippen LogP contribution in [0.5, 0.6) is 0 Å². The number of nitrogens with zero attached hydrogens (tertiary/aromatic N) is 2. The number of carbonyl (C=O) groups is 1. The largest absolute Gasteiger partial charge is 0.468 e. The number of esters is 1. The number of carbonyl (C=O) groups excluding carboxylic acids is 1. The van der Waals surface area contributed by atoms with Gasteiger partial charge in [-0.2, -0.15) is 0 Å². The van der Waals surface area contributed by atoms with Crippen LogP contribution in [0.1, 0.15) is 6.92 Å². The fourth-order valence-electron chi connectivity index (χ4n) is 1.48. The molecule has 0 N–H and O–H groups in total. The molecule has 4 nitrogen and oxygen atoms in total. The van der Waals surface area contributed by atoms with Gasteiger partial charge < -0.3 is 4.74 Å². The number of ether oxygens (including phenoxy) is 1. The third-order valence-electron chi connectivity index (χ3n) is 2.38. The van der Waals surface area contributed by atoms with E-state index in [4.69, 9.17) is 0 Å². The molecule has 0 fully saturated rings. The molecule has 2 aromatic rings. The van der Waals surface area contributed by atoms with Gasteiger partial charge in [-0.1, -0.05) is 11.8 Å². The summed E-state index contributed by atoms with van der Waals surface area (Å²) in [4.78, 5) is 19.5. The van der Waals surface area contributed by atoms with Gasteiger partial charge in [-0.25, -0.2) is 14.4 Å². The van der Waals surface area contributed by atoms with Gasteiger partial charge in [-0.3, -0.25) is 4.79 Å². The Balaban J connectivity index is 2.38. The summed E-state index contributed by atoms with van der Waals surface area (Å²) in [6.07, 6.45) is 1.40. The standard InChI is InChI=1S/C12H11FN2O2S/c1-7(12(16)17-2)18-11-9-5-8(13)3-4-10(9)14-6-15-11/h3-7H,1-2H3/t7-/m1/s1. The van der Waals surface area contributed by atoms with Gasteiger partial charge in [0.05, 0.1) is 12.6 Å². The maximum atomic E-state index is 13.2. The van der Waals surface area contributed by atoms with Gasteiger partial charge in [0.25, 0.3) is 0 Å². The lowest BCUT2D eigenvalue weighted by Crippen LogP contribution is -2.14. The first-order valence-corrected chi connectivity index (χ1v) is 6.14. The average Bonchev–Trinajstić information content (AvgIpc) is 2.38. The molecule has 1 aromatic heterocycles. The molecule has 0 saturated carbocycles. The minimum absolute atomic E-state index is 0.344. The number of thioether (sulfide) groups is 1. The highest BCUT2D eigenvalue weighted by atomic mass is 32.2. The van der Waals surface area contributed by atoms with Crippen LogP contribution in [0.3, 0.4) is 0 Å². The summed E-state index contributed by atoms with van der Waals surface area (Å²) in [5.41, 5.74) is 0.644. The summed E-state index contributed by atoms with van der Waals surface area (Å²) < 4.78 is 17.9. The van der Waals surface area contributed by atoms with Gasteiger partial charge in [0.1, 0.15) is 22.4 Å². The molecule has 0 saturated heterocycles. The van der Waals surface area contributed by atoms with Crippen LogP contribution in [0.4, 0.5) is 4.39 Å². The van der Waals surface area contributed by atoms with E-state index in [0.29, 0.717) is 15.9 Å². The van der Waals surface area contributed by atoms with E-state index in [1.54, 1.807) is 13.0 Å². The Morgan fingerprint density at radius 2 is 2.22 bits per heavy atom. The quantitative estimate of drug-likeness (QED) is 0.485. The van der Waals surface area contributed by atoms with E-state index in [2.05, 4.69) is 14.7 Å². The smallest absolute Gasteiger partial charge is 0.318 e. The molecule has 1 atom stereocenters. The minimum atomic E-state index is -0.406. The maximum Gasteiger partial charge on any atom is 0.318 e. The zero-order valence-electron chi connectivity index (χ0n) is 9.88. The Kier molecular flexibility index (Phi) is 3.76. The Bertz CT molecular complexity index is 591. The van der Waals surface area contributed by atoms with Crippen LogP contribution in [-0.2, 0) is 9.53 Å². The molecule has 6 heteroatoms. The number of rotatable bonds is 3. The molecule has 2 rings (SSSR count). The number of fused-ring (bicyclic) bond motifs is 1. The zero-order valence-corrected chi connectivity index (χ0v) is 10.7. The number of halogens is 1. The van der Waals surface area contributed by atoms with Crippen molar-refractivity contribution >= 4 is 28.6 Å². The number of hydrogen-bond donors (Lipinski definition) is 0. The van der Waals surface area contributed by atoms with Crippen molar-refractivity contribution in [2.24, 2.45) is 0 Å². The fourth-order valence-corrected chi connectivity index (χ4v) is 2.41. The van der Waals surface area contributed by atoms with Gasteiger partial charge >= 0.3 is 5.97 Å². The van der Waals surface area contributed by atoms with Crippen LogP contribution in [0, 0.1) is 5.82 Å². The third kappa shape index (κ3) is 2.59. The molecule has 94 valence electrons. The molecule has 1 aromatic carbocycles. The van der Waals surface area contributed by atoms with Crippen LogP contribution < -0.4 is 0 Å². The van der Waals surface area contributed by atoms with E-state index in [0.717, 1.165) is 0 Å². The summed E-state index contributed by atoms with van der Waals surface area (Å²) >= 11 is 1.22. The van der Waals surface area contributed by atoms with Gasteiger partial charge in [0.2, 0.25) is 0 Å². The predicted molar refractivity (Wildman–Crippen MR) is 66.8 cm³/mol. The van der Waals surface area contributed by atoms with Crippen molar-refractivity contribution in [3.63, 3.8) is 0 Å². The highest BCUT2D eigenvalue weighted by molar-refractivity contribution is 8.00. The lowest BCUT2D eigenvalue weighted by atomic mass is 10.2. The van der Waals surface area contributed by atoms with E-state index >= 15 is 0 Å². The fraction of sp³-hybridized carbons (Fsp3) is 0.250. The molecule has 1 heterocycles. The summed E-state index contributed by atoms with van der Waals surface area (Å²) in [5.74, 6) is -0.701. The molecular weight excluding hydrogens is 255 g/mol. The number of aromatic nitrogens is 2. The summed E-state index contributed by atoms with van der Waals surface area (Å²) in [5, 5.41) is 0.757. The molecule has 0 aliphatic heterocycles. The SMILES string of the molecule is COC(=O)[C@@H](C)Sc1ncnc2ccc(F)cc12. The molecule has 0 aliphatic rings. The van der Waals surface area contributed by atoms with E-state index in [-0.39, 0.29) is 11.8 Å². The van der Waals surface area contributed by atoms with Crippen molar-refractivity contribution in [2.75, 3.05) is 7.11 Å². The number of benzene rings is 1. The highest BCUT2D eigenvalue weighted by Crippen LogP contribution is 2.28. The maximum absolute atomic E-state index is 13.2. The first-order chi connectivity index (χ1) is 8.61. The van der Waals surface area contributed by atoms with Gasteiger partial charge in [0.15, 0.2) is 0 Å². The summed E-state index contributed by atoms with van der Waals surface area (Å²) in [6, 6.07) is 4.29. The van der Waals surface area contributed by atoms with Crippen molar-refractivity contribution in [1.29, 1.82) is 0 Å². The van der Waals surface area contributed by atoms with Crippen LogP contribution in [0.2, 0.25) is 0 Å². The van der Waals surface area contributed by atoms with E-state index in [9.17, 15) is 9.18 Å². The Hall–Kier alpha value is -1.69. The second-order valence-electron chi connectivity index (χ2n) is 3.62. The topological polar surface area (TPSA) is 52.1 Å².